The fraction of sp³-hybridized carbons (Fsp3) is 0.375. The summed E-state index contributed by atoms with van der Waals surface area (Å²) in [6.07, 6.45) is 2.13. The van der Waals surface area contributed by atoms with Gasteiger partial charge in [0.05, 0.1) is 6.42 Å². The zero-order valence-electron chi connectivity index (χ0n) is 7.20. The number of rotatable bonds is 2. The van der Waals surface area contributed by atoms with Gasteiger partial charge >= 0.3 is 0 Å². The van der Waals surface area contributed by atoms with E-state index in [1.807, 2.05) is 6.92 Å². The Morgan fingerprint density at radius 1 is 1.69 bits per heavy atom. The Morgan fingerprint density at radius 2 is 2.54 bits per heavy atom. The van der Waals surface area contributed by atoms with Crippen molar-refractivity contribution in [3.05, 3.63) is 11.8 Å². The van der Waals surface area contributed by atoms with Crippen LogP contribution < -0.4 is 5.32 Å². The Bertz CT molecular complexity index is 353. The summed E-state index contributed by atoms with van der Waals surface area (Å²) in [5.74, 6) is 1.62. The van der Waals surface area contributed by atoms with Gasteiger partial charge in [0, 0.05) is 11.8 Å². The first-order valence-corrected chi connectivity index (χ1v) is 5.06. The Kier molecular flexibility index (Phi) is 2.18. The lowest BCUT2D eigenvalue weighted by molar-refractivity contribution is -0.115. The number of nitrogens with zero attached hydrogens (tertiary/aromatic N) is 2. The van der Waals surface area contributed by atoms with Crippen molar-refractivity contribution in [1.29, 1.82) is 0 Å². The number of amides is 1. The van der Waals surface area contributed by atoms with Crippen LogP contribution in [-0.2, 0) is 11.2 Å². The standard InChI is InChI=1S/C8H9N3OS/c1-2-13-8-9-4-5-3-6(12)10-7(5)11-8/h4H,2-3H2,1H3,(H,9,10,11,12). The molecule has 4 nitrogen and oxygen atoms in total. The molecule has 0 bridgehead atoms. The van der Waals surface area contributed by atoms with E-state index in [1.54, 1.807) is 18.0 Å². The maximum atomic E-state index is 11.0. The zero-order valence-corrected chi connectivity index (χ0v) is 8.02. The summed E-state index contributed by atoms with van der Waals surface area (Å²) in [5, 5.41) is 3.42. The average Bonchev–Trinajstić information content (AvgIpc) is 2.44. The van der Waals surface area contributed by atoms with Crippen LogP contribution in [0.15, 0.2) is 11.4 Å². The van der Waals surface area contributed by atoms with E-state index in [4.69, 9.17) is 0 Å². The molecule has 1 aliphatic rings. The molecule has 0 radical (unpaired) electrons. The number of nitrogens with one attached hydrogen (secondary N) is 1. The molecule has 0 fully saturated rings. The molecule has 0 aliphatic carbocycles. The van der Waals surface area contributed by atoms with E-state index in [1.165, 1.54) is 0 Å². The van der Waals surface area contributed by atoms with Gasteiger partial charge in [0.25, 0.3) is 0 Å². The fourth-order valence-electron chi connectivity index (χ4n) is 1.18. The molecule has 0 unspecified atom stereocenters. The highest BCUT2D eigenvalue weighted by Gasteiger charge is 2.19. The number of hydrogen-bond acceptors (Lipinski definition) is 4. The Hall–Kier alpha value is -1.10. The molecular weight excluding hydrogens is 186 g/mol. The van der Waals surface area contributed by atoms with E-state index in [0.29, 0.717) is 12.2 Å². The third kappa shape index (κ3) is 1.65. The molecule has 2 heterocycles. The van der Waals surface area contributed by atoms with E-state index < -0.39 is 0 Å². The van der Waals surface area contributed by atoms with Gasteiger partial charge < -0.3 is 5.32 Å². The molecule has 1 aromatic rings. The van der Waals surface area contributed by atoms with E-state index >= 15 is 0 Å². The molecule has 0 spiro atoms. The molecule has 0 saturated carbocycles. The summed E-state index contributed by atoms with van der Waals surface area (Å²) in [6, 6.07) is 0. The average molecular weight is 195 g/mol. The summed E-state index contributed by atoms with van der Waals surface area (Å²) in [7, 11) is 0. The van der Waals surface area contributed by atoms with Crippen molar-refractivity contribution >= 4 is 23.5 Å². The number of fused-ring (bicyclic) bond motifs is 1. The highest BCUT2D eigenvalue weighted by molar-refractivity contribution is 7.99. The van der Waals surface area contributed by atoms with Gasteiger partial charge in [-0.3, -0.25) is 4.79 Å². The monoisotopic (exact) mass is 195 g/mol. The number of thioether (sulfide) groups is 1. The number of carbonyl (C=O) groups is 1. The first kappa shape index (κ1) is 8.50. The van der Waals surface area contributed by atoms with Crippen LogP contribution in [0.25, 0.3) is 0 Å². The molecule has 1 N–H and O–H groups in total. The zero-order chi connectivity index (χ0) is 9.26. The van der Waals surface area contributed by atoms with E-state index in [-0.39, 0.29) is 5.91 Å². The SMILES string of the molecule is CCSc1ncc2c(n1)NC(=O)C2. The number of aromatic nitrogens is 2. The summed E-state index contributed by atoms with van der Waals surface area (Å²) in [6.45, 7) is 2.04. The van der Waals surface area contributed by atoms with Crippen molar-refractivity contribution in [2.45, 2.75) is 18.5 Å². The van der Waals surface area contributed by atoms with Gasteiger partial charge in [0.1, 0.15) is 5.82 Å². The van der Waals surface area contributed by atoms with Crippen LogP contribution >= 0.6 is 11.8 Å². The molecule has 0 aromatic carbocycles. The quantitative estimate of drug-likeness (QED) is 0.567. The van der Waals surface area contributed by atoms with Crippen molar-refractivity contribution in [2.24, 2.45) is 0 Å². The van der Waals surface area contributed by atoms with Crippen molar-refractivity contribution < 1.29 is 4.79 Å². The summed E-state index contributed by atoms with van der Waals surface area (Å²) in [5.41, 5.74) is 0.894. The van der Waals surface area contributed by atoms with Gasteiger partial charge in [-0.15, -0.1) is 0 Å². The second-order valence-corrected chi connectivity index (χ2v) is 3.92. The molecule has 5 heteroatoms. The smallest absolute Gasteiger partial charge is 0.230 e. The van der Waals surface area contributed by atoms with Gasteiger partial charge in [-0.05, 0) is 5.75 Å². The maximum Gasteiger partial charge on any atom is 0.230 e. The predicted molar refractivity (Wildman–Crippen MR) is 50.8 cm³/mol. The molecule has 0 atom stereocenters. The van der Waals surface area contributed by atoms with Gasteiger partial charge in [0.2, 0.25) is 5.91 Å². The summed E-state index contributed by atoms with van der Waals surface area (Å²) >= 11 is 1.57. The summed E-state index contributed by atoms with van der Waals surface area (Å²) in [4.78, 5) is 19.3. The first-order chi connectivity index (χ1) is 6.29. The van der Waals surface area contributed by atoms with Crippen molar-refractivity contribution in [3.8, 4) is 0 Å². The minimum Gasteiger partial charge on any atom is -0.310 e. The second kappa shape index (κ2) is 3.33. The van der Waals surface area contributed by atoms with E-state index in [0.717, 1.165) is 16.5 Å². The van der Waals surface area contributed by atoms with Crippen LogP contribution in [0.3, 0.4) is 0 Å². The van der Waals surface area contributed by atoms with Gasteiger partial charge in [0.15, 0.2) is 5.16 Å². The molecule has 68 valence electrons. The van der Waals surface area contributed by atoms with Crippen LogP contribution in [0.2, 0.25) is 0 Å². The largest absolute Gasteiger partial charge is 0.310 e. The normalized spacial score (nSPS) is 14.1. The molecule has 13 heavy (non-hydrogen) atoms. The molecule has 1 aromatic heterocycles. The summed E-state index contributed by atoms with van der Waals surface area (Å²) < 4.78 is 0. The highest BCUT2D eigenvalue weighted by atomic mass is 32.2. The molecule has 2 rings (SSSR count). The Labute approximate surface area is 80.2 Å². The number of hydrogen-bond donors (Lipinski definition) is 1. The lowest BCUT2D eigenvalue weighted by Gasteiger charge is -1.99. The van der Waals surface area contributed by atoms with Crippen LogP contribution in [0.5, 0.6) is 0 Å². The van der Waals surface area contributed by atoms with Gasteiger partial charge in [-0.1, -0.05) is 18.7 Å². The van der Waals surface area contributed by atoms with E-state index in [9.17, 15) is 4.79 Å². The first-order valence-electron chi connectivity index (χ1n) is 4.08. The molecule has 1 aliphatic heterocycles. The van der Waals surface area contributed by atoms with Crippen molar-refractivity contribution in [3.63, 3.8) is 0 Å². The highest BCUT2D eigenvalue weighted by Crippen LogP contribution is 2.22. The number of carbonyl (C=O) groups excluding carboxylic acids is 1. The lowest BCUT2D eigenvalue weighted by atomic mass is 10.3. The predicted octanol–water partition coefficient (Wildman–Crippen LogP) is 1.08. The van der Waals surface area contributed by atoms with Crippen LogP contribution in [0, 0.1) is 0 Å². The Morgan fingerprint density at radius 3 is 3.31 bits per heavy atom. The topological polar surface area (TPSA) is 54.9 Å². The minimum atomic E-state index is 0.00273. The molecule has 1 amide bonds. The van der Waals surface area contributed by atoms with E-state index in [2.05, 4.69) is 15.3 Å². The number of anilines is 1. The van der Waals surface area contributed by atoms with Crippen LogP contribution in [0.1, 0.15) is 12.5 Å². The molecular formula is C8H9N3OS. The van der Waals surface area contributed by atoms with Crippen LogP contribution in [0.4, 0.5) is 5.82 Å². The third-order valence-electron chi connectivity index (χ3n) is 1.72. The molecule has 0 saturated heterocycles. The van der Waals surface area contributed by atoms with Crippen LogP contribution in [-0.4, -0.2) is 21.6 Å². The lowest BCUT2D eigenvalue weighted by Crippen LogP contribution is -2.04. The fourth-order valence-corrected chi connectivity index (χ4v) is 1.72. The Balaban J connectivity index is 2.29. The van der Waals surface area contributed by atoms with Gasteiger partial charge in [-0.25, -0.2) is 9.97 Å². The maximum absolute atomic E-state index is 11.0. The van der Waals surface area contributed by atoms with Crippen molar-refractivity contribution in [1.82, 2.24) is 9.97 Å². The van der Waals surface area contributed by atoms with Gasteiger partial charge in [-0.2, -0.15) is 0 Å². The third-order valence-corrected chi connectivity index (χ3v) is 2.47. The minimum absolute atomic E-state index is 0.00273. The second-order valence-electron chi connectivity index (χ2n) is 2.68. The van der Waals surface area contributed by atoms with Crippen molar-refractivity contribution in [2.75, 3.05) is 11.1 Å².